The zero-order valence-electron chi connectivity index (χ0n) is 15.9. The number of rotatable bonds is 5. The second-order valence-corrected chi connectivity index (χ2v) is 7.28. The van der Waals surface area contributed by atoms with Crippen molar-refractivity contribution in [3.63, 3.8) is 0 Å². The molecular formula is C20H24N4O3. The monoisotopic (exact) mass is 368 g/mol. The first kappa shape index (κ1) is 17.7. The predicted molar refractivity (Wildman–Crippen MR) is 99.4 cm³/mol. The average molecular weight is 368 g/mol. The Morgan fingerprint density at radius 1 is 1.37 bits per heavy atom. The van der Waals surface area contributed by atoms with Crippen molar-refractivity contribution in [3.8, 4) is 0 Å². The molecule has 1 fully saturated rings. The number of fused-ring (bicyclic) bond motifs is 1. The van der Waals surface area contributed by atoms with E-state index in [2.05, 4.69) is 10.1 Å². The van der Waals surface area contributed by atoms with Crippen LogP contribution in [0.25, 0.3) is 5.65 Å². The van der Waals surface area contributed by atoms with Crippen LogP contribution in [0.5, 0.6) is 0 Å². The molecule has 1 amide bonds. The Labute approximate surface area is 157 Å². The number of amides is 1. The maximum absolute atomic E-state index is 12.9. The molecule has 3 aromatic rings. The molecule has 4 heterocycles. The van der Waals surface area contributed by atoms with Gasteiger partial charge in [0.1, 0.15) is 11.4 Å². The fourth-order valence-electron chi connectivity index (χ4n) is 3.88. The first-order valence-corrected chi connectivity index (χ1v) is 9.19. The average Bonchev–Trinajstić information content (AvgIpc) is 3.35. The highest BCUT2D eigenvalue weighted by molar-refractivity contribution is 5.79. The molecule has 0 radical (unpaired) electrons. The fourth-order valence-corrected chi connectivity index (χ4v) is 3.88. The van der Waals surface area contributed by atoms with E-state index < -0.39 is 0 Å². The van der Waals surface area contributed by atoms with Crippen LogP contribution >= 0.6 is 0 Å². The van der Waals surface area contributed by atoms with Crippen LogP contribution in [0.2, 0.25) is 0 Å². The zero-order chi connectivity index (χ0) is 19.0. The molecule has 0 aromatic carbocycles. The van der Waals surface area contributed by atoms with Crippen LogP contribution in [0.3, 0.4) is 0 Å². The van der Waals surface area contributed by atoms with E-state index in [1.807, 2.05) is 47.5 Å². The summed E-state index contributed by atoms with van der Waals surface area (Å²) in [5.41, 5.74) is 3.77. The van der Waals surface area contributed by atoms with Crippen molar-refractivity contribution in [2.75, 3.05) is 20.2 Å². The van der Waals surface area contributed by atoms with Gasteiger partial charge >= 0.3 is 0 Å². The molecule has 2 atom stereocenters. The van der Waals surface area contributed by atoms with E-state index in [1.165, 1.54) is 0 Å². The number of aromatic nitrogens is 3. The molecule has 1 saturated heterocycles. The van der Waals surface area contributed by atoms with Crippen molar-refractivity contribution < 1.29 is 14.1 Å². The van der Waals surface area contributed by atoms with Crippen molar-refractivity contribution >= 4 is 11.6 Å². The molecule has 0 saturated carbocycles. The second kappa shape index (κ2) is 7.15. The third kappa shape index (κ3) is 3.47. The largest absolute Gasteiger partial charge is 0.379 e. The van der Waals surface area contributed by atoms with Crippen molar-refractivity contribution in [2.45, 2.75) is 32.8 Å². The molecular weight excluding hydrogens is 344 g/mol. The van der Waals surface area contributed by atoms with Gasteiger partial charge in [-0.15, -0.1) is 0 Å². The summed E-state index contributed by atoms with van der Waals surface area (Å²) >= 11 is 0. The topological polar surface area (TPSA) is 72.9 Å². The number of aryl methyl sites for hydroxylation is 2. The second-order valence-electron chi connectivity index (χ2n) is 7.28. The summed E-state index contributed by atoms with van der Waals surface area (Å²) in [7, 11) is 1.70. The number of hydrogen-bond donors (Lipinski definition) is 0. The van der Waals surface area contributed by atoms with Gasteiger partial charge in [0.25, 0.3) is 0 Å². The van der Waals surface area contributed by atoms with Crippen molar-refractivity contribution in [1.29, 1.82) is 0 Å². The number of carbonyl (C=O) groups excluding carboxylic acids is 1. The standard InChI is InChI=1S/C20H24N4O3/c1-13-5-4-6-24-16(10-21-20(13)24)9-19(25)23-11-15(18(12-23)26-3)8-17-7-14(2)22-27-17/h4-7,10,15,18H,8-9,11-12H2,1-3H3/t15-,18+/m1/s1. The van der Waals surface area contributed by atoms with Gasteiger partial charge in [-0.2, -0.15) is 0 Å². The van der Waals surface area contributed by atoms with Gasteiger partial charge in [-0.3, -0.25) is 4.79 Å². The summed E-state index contributed by atoms with van der Waals surface area (Å²) < 4.78 is 13.0. The molecule has 1 aliphatic heterocycles. The number of nitrogens with zero attached hydrogens (tertiary/aromatic N) is 4. The highest BCUT2D eigenvalue weighted by Crippen LogP contribution is 2.25. The lowest BCUT2D eigenvalue weighted by Crippen LogP contribution is -2.31. The maximum atomic E-state index is 12.9. The van der Waals surface area contributed by atoms with Crippen LogP contribution in [0.1, 0.15) is 22.7 Å². The van der Waals surface area contributed by atoms with Gasteiger partial charge in [0.15, 0.2) is 0 Å². The lowest BCUT2D eigenvalue weighted by molar-refractivity contribution is -0.130. The third-order valence-corrected chi connectivity index (χ3v) is 5.32. The number of methoxy groups -OCH3 is 1. The zero-order valence-corrected chi connectivity index (χ0v) is 15.9. The van der Waals surface area contributed by atoms with Crippen molar-refractivity contribution in [3.05, 3.63) is 53.3 Å². The molecule has 0 unspecified atom stereocenters. The Hall–Kier alpha value is -2.67. The van der Waals surface area contributed by atoms with Crippen molar-refractivity contribution in [2.24, 2.45) is 5.92 Å². The smallest absolute Gasteiger partial charge is 0.228 e. The van der Waals surface area contributed by atoms with Gasteiger partial charge in [-0.25, -0.2) is 4.98 Å². The Balaban J connectivity index is 1.46. The minimum absolute atomic E-state index is 0.00350. The Morgan fingerprint density at radius 3 is 2.96 bits per heavy atom. The Kier molecular flexibility index (Phi) is 4.70. The molecule has 0 aliphatic carbocycles. The van der Waals surface area contributed by atoms with Crippen LogP contribution in [0, 0.1) is 19.8 Å². The molecule has 7 nitrogen and oxygen atoms in total. The van der Waals surface area contributed by atoms with Crippen LogP contribution in [0.15, 0.2) is 35.1 Å². The lowest BCUT2D eigenvalue weighted by atomic mass is 10.0. The molecule has 27 heavy (non-hydrogen) atoms. The van der Waals surface area contributed by atoms with E-state index >= 15 is 0 Å². The summed E-state index contributed by atoms with van der Waals surface area (Å²) in [4.78, 5) is 19.2. The molecule has 142 valence electrons. The van der Waals surface area contributed by atoms with Gasteiger partial charge < -0.3 is 18.6 Å². The summed E-state index contributed by atoms with van der Waals surface area (Å²) in [6.45, 7) is 5.19. The summed E-state index contributed by atoms with van der Waals surface area (Å²) in [5.74, 6) is 1.14. The molecule has 1 aliphatic rings. The molecule has 0 spiro atoms. The summed E-state index contributed by atoms with van der Waals surface area (Å²) in [5, 5.41) is 3.94. The lowest BCUT2D eigenvalue weighted by Gasteiger charge is -2.16. The van der Waals surface area contributed by atoms with Crippen LogP contribution in [0.4, 0.5) is 0 Å². The van der Waals surface area contributed by atoms with E-state index in [0.29, 0.717) is 19.5 Å². The van der Waals surface area contributed by atoms with Gasteiger partial charge in [-0.05, 0) is 25.5 Å². The minimum Gasteiger partial charge on any atom is -0.379 e. The van der Waals surface area contributed by atoms with Crippen molar-refractivity contribution in [1.82, 2.24) is 19.4 Å². The molecule has 0 bridgehead atoms. The highest BCUT2D eigenvalue weighted by Gasteiger charge is 2.36. The van der Waals surface area contributed by atoms with E-state index in [-0.39, 0.29) is 17.9 Å². The third-order valence-electron chi connectivity index (χ3n) is 5.32. The van der Waals surface area contributed by atoms with Gasteiger partial charge in [0.05, 0.1) is 23.9 Å². The first-order valence-electron chi connectivity index (χ1n) is 9.19. The first-order chi connectivity index (χ1) is 13.0. The van der Waals surface area contributed by atoms with E-state index in [1.54, 1.807) is 13.3 Å². The molecule has 0 N–H and O–H groups in total. The van der Waals surface area contributed by atoms with Crippen LogP contribution in [-0.4, -0.2) is 51.7 Å². The highest BCUT2D eigenvalue weighted by atomic mass is 16.5. The Bertz CT molecular complexity index is 961. The Morgan fingerprint density at radius 2 is 2.22 bits per heavy atom. The fraction of sp³-hybridized carbons (Fsp3) is 0.450. The van der Waals surface area contributed by atoms with Crippen LogP contribution in [-0.2, 0) is 22.4 Å². The van der Waals surface area contributed by atoms with E-state index in [9.17, 15) is 4.79 Å². The van der Waals surface area contributed by atoms with E-state index in [0.717, 1.165) is 34.8 Å². The maximum Gasteiger partial charge on any atom is 0.228 e. The summed E-state index contributed by atoms with van der Waals surface area (Å²) in [6.07, 6.45) is 4.80. The number of pyridine rings is 1. The normalized spacial score (nSPS) is 19.9. The number of imidazole rings is 1. The number of carbonyl (C=O) groups is 1. The predicted octanol–water partition coefficient (Wildman–Crippen LogP) is 2.20. The number of hydrogen-bond acceptors (Lipinski definition) is 5. The number of ether oxygens (including phenoxy) is 1. The van der Waals surface area contributed by atoms with Gasteiger partial charge in [-0.1, -0.05) is 11.2 Å². The number of likely N-dealkylation sites (tertiary alicyclic amines) is 1. The molecule has 7 heteroatoms. The molecule has 3 aromatic heterocycles. The molecule has 4 rings (SSSR count). The quantitative estimate of drug-likeness (QED) is 0.690. The van der Waals surface area contributed by atoms with Crippen LogP contribution < -0.4 is 0 Å². The van der Waals surface area contributed by atoms with Gasteiger partial charge in [0.2, 0.25) is 5.91 Å². The summed E-state index contributed by atoms with van der Waals surface area (Å²) in [6, 6.07) is 5.94. The van der Waals surface area contributed by atoms with E-state index in [4.69, 9.17) is 9.26 Å². The van der Waals surface area contributed by atoms with Gasteiger partial charge in [0, 0.05) is 51.0 Å². The minimum atomic E-state index is 0.00350. The SMILES string of the molecule is CO[C@H]1CN(C(=O)Cc2cnc3c(C)cccn23)C[C@H]1Cc1cc(C)no1.